The van der Waals surface area contributed by atoms with E-state index < -0.39 is 0 Å². The molecule has 0 spiro atoms. The van der Waals surface area contributed by atoms with Crippen LogP contribution >= 0.6 is 11.8 Å². The van der Waals surface area contributed by atoms with Crippen LogP contribution in [0.15, 0.2) is 84.0 Å². The highest BCUT2D eigenvalue weighted by atomic mass is 32.2. The van der Waals surface area contributed by atoms with Crippen LogP contribution in [0.3, 0.4) is 0 Å². The highest BCUT2D eigenvalue weighted by molar-refractivity contribution is 7.99. The Hall–Kier alpha value is -3.71. The molecule has 4 aromatic rings. The Morgan fingerprint density at radius 3 is 2.12 bits per heavy atom. The van der Waals surface area contributed by atoms with Crippen molar-refractivity contribution in [2.75, 3.05) is 20.0 Å². The highest BCUT2D eigenvalue weighted by Crippen LogP contribution is 2.37. The van der Waals surface area contributed by atoms with Crippen LogP contribution in [0.2, 0.25) is 0 Å². The normalized spacial score (nSPS) is 11.7. The Morgan fingerprint density at radius 2 is 1.52 bits per heavy atom. The lowest BCUT2D eigenvalue weighted by atomic mass is 10.0. The minimum Gasteiger partial charge on any atom is -0.497 e. The fourth-order valence-electron chi connectivity index (χ4n) is 4.66. The molecule has 1 heterocycles. The van der Waals surface area contributed by atoms with Crippen molar-refractivity contribution in [1.29, 1.82) is 0 Å². The molecule has 210 valence electrons. The molecule has 0 fully saturated rings. The third kappa shape index (κ3) is 7.48. The number of rotatable bonds is 14. The lowest BCUT2D eigenvalue weighted by molar-refractivity contribution is -0.121. The molecule has 1 N–H and O–H groups in total. The zero-order valence-electron chi connectivity index (χ0n) is 23.9. The lowest BCUT2D eigenvalue weighted by Crippen LogP contribution is -2.26. The molecule has 1 unspecified atom stereocenters. The Bertz CT molecular complexity index is 1350. The van der Waals surface area contributed by atoms with Gasteiger partial charge in [-0.2, -0.15) is 0 Å². The Balaban J connectivity index is 1.47. The lowest BCUT2D eigenvalue weighted by Gasteiger charge is -2.14. The first kappa shape index (κ1) is 29.3. The van der Waals surface area contributed by atoms with Gasteiger partial charge in [0.2, 0.25) is 5.91 Å². The van der Waals surface area contributed by atoms with Crippen LogP contribution in [-0.4, -0.2) is 35.4 Å². The minimum atomic E-state index is 0.0114. The van der Waals surface area contributed by atoms with Gasteiger partial charge in [-0.1, -0.05) is 49.0 Å². The summed E-state index contributed by atoms with van der Waals surface area (Å²) >= 11 is 1.76. The second-order valence-electron chi connectivity index (χ2n) is 9.71. The number of unbranched alkanes of at least 4 members (excludes halogenated alkanes) is 1. The molecule has 0 radical (unpaired) electrons. The van der Waals surface area contributed by atoms with E-state index in [1.165, 1.54) is 0 Å². The molecule has 1 atom stereocenters. The highest BCUT2D eigenvalue weighted by Gasteiger charge is 2.20. The van der Waals surface area contributed by atoms with Crippen molar-refractivity contribution in [3.63, 3.8) is 0 Å². The summed E-state index contributed by atoms with van der Waals surface area (Å²) < 4.78 is 13.1. The molecule has 0 saturated heterocycles. The summed E-state index contributed by atoms with van der Waals surface area (Å²) in [6.07, 6.45) is 3.29. The zero-order chi connectivity index (χ0) is 28.3. The van der Waals surface area contributed by atoms with Gasteiger partial charge >= 0.3 is 0 Å². The van der Waals surface area contributed by atoms with Gasteiger partial charge in [-0.3, -0.25) is 4.79 Å². The molecule has 3 aromatic carbocycles. The number of ether oxygens (including phenoxy) is 2. The van der Waals surface area contributed by atoms with Crippen molar-refractivity contribution in [2.24, 2.45) is 0 Å². The van der Waals surface area contributed by atoms with E-state index >= 15 is 0 Å². The topological polar surface area (TPSA) is 65.4 Å². The number of hydrogen-bond acceptors (Lipinski definition) is 5. The Kier molecular flexibility index (Phi) is 10.7. The van der Waals surface area contributed by atoms with Crippen LogP contribution in [0.5, 0.6) is 11.5 Å². The van der Waals surface area contributed by atoms with Gasteiger partial charge in [0, 0.05) is 29.8 Å². The van der Waals surface area contributed by atoms with Gasteiger partial charge in [0.05, 0.1) is 31.6 Å². The van der Waals surface area contributed by atoms with E-state index in [9.17, 15) is 4.79 Å². The average molecular weight is 558 g/mol. The van der Waals surface area contributed by atoms with Crippen molar-refractivity contribution in [1.82, 2.24) is 14.9 Å². The van der Waals surface area contributed by atoms with Gasteiger partial charge in [0.25, 0.3) is 0 Å². The second kappa shape index (κ2) is 14.6. The molecule has 1 amide bonds. The molecule has 0 saturated carbocycles. The first-order chi connectivity index (χ1) is 19.5. The molecule has 40 heavy (non-hydrogen) atoms. The van der Waals surface area contributed by atoms with E-state index in [0.717, 1.165) is 76.3 Å². The number of imidazole rings is 1. The van der Waals surface area contributed by atoms with Crippen molar-refractivity contribution in [2.45, 2.75) is 57.3 Å². The number of benzene rings is 3. The summed E-state index contributed by atoms with van der Waals surface area (Å²) in [6, 6.07) is 26.3. The molecule has 1 aromatic heterocycles. The summed E-state index contributed by atoms with van der Waals surface area (Å²) in [5.41, 5.74) is 5.33. The average Bonchev–Trinajstić information content (AvgIpc) is 3.35. The van der Waals surface area contributed by atoms with Gasteiger partial charge in [-0.25, -0.2) is 4.98 Å². The largest absolute Gasteiger partial charge is 0.497 e. The predicted octanol–water partition coefficient (Wildman–Crippen LogP) is 7.78. The zero-order valence-corrected chi connectivity index (χ0v) is 24.7. The Labute approximate surface area is 242 Å². The number of nitrogens with zero attached hydrogens (tertiary/aromatic N) is 2. The van der Waals surface area contributed by atoms with Crippen molar-refractivity contribution in [3.8, 4) is 34.0 Å². The SMILES string of the molecule is CCCn1c(SCCCCC(=O)NC(C)c2ccccc2)nc(-c2ccc(OC)cc2)c1-c1ccc(OC)cc1. The molecule has 0 aliphatic rings. The van der Waals surface area contributed by atoms with E-state index in [1.807, 2.05) is 61.5 Å². The Morgan fingerprint density at radius 1 is 0.900 bits per heavy atom. The second-order valence-corrected chi connectivity index (χ2v) is 10.8. The van der Waals surface area contributed by atoms with Crippen molar-refractivity contribution in [3.05, 3.63) is 84.4 Å². The number of carbonyl (C=O) groups is 1. The van der Waals surface area contributed by atoms with E-state index in [-0.39, 0.29) is 11.9 Å². The van der Waals surface area contributed by atoms with Crippen molar-refractivity contribution >= 4 is 17.7 Å². The summed E-state index contributed by atoms with van der Waals surface area (Å²) in [7, 11) is 3.36. The van der Waals surface area contributed by atoms with Gasteiger partial charge in [-0.05, 0) is 80.3 Å². The quantitative estimate of drug-likeness (QED) is 0.127. The van der Waals surface area contributed by atoms with Crippen molar-refractivity contribution < 1.29 is 14.3 Å². The van der Waals surface area contributed by atoms with Gasteiger partial charge in [0.15, 0.2) is 5.16 Å². The standard InChI is InChI=1S/C33H39N3O3S/c1-5-22-36-32(27-16-20-29(39-4)21-17-27)31(26-14-18-28(38-3)19-15-26)35-33(36)40-23-10-9-13-30(37)34-24(2)25-11-7-6-8-12-25/h6-8,11-12,14-21,24H,5,9-10,13,22-23H2,1-4H3,(H,34,37). The number of thioether (sulfide) groups is 1. The smallest absolute Gasteiger partial charge is 0.220 e. The fraction of sp³-hybridized carbons (Fsp3) is 0.333. The van der Waals surface area contributed by atoms with E-state index in [2.05, 4.69) is 41.1 Å². The summed E-state index contributed by atoms with van der Waals surface area (Å²) in [5.74, 6) is 2.64. The third-order valence-corrected chi connectivity index (χ3v) is 7.88. The van der Waals surface area contributed by atoms with Crippen LogP contribution in [0.25, 0.3) is 22.5 Å². The van der Waals surface area contributed by atoms with E-state index in [4.69, 9.17) is 14.5 Å². The molecule has 0 aliphatic carbocycles. The number of nitrogens with one attached hydrogen (secondary N) is 1. The number of aromatic nitrogens is 2. The molecule has 4 rings (SSSR count). The molecule has 0 bridgehead atoms. The van der Waals surface area contributed by atoms with Crippen LogP contribution in [0, 0.1) is 0 Å². The fourth-order valence-corrected chi connectivity index (χ4v) is 5.68. The summed E-state index contributed by atoms with van der Waals surface area (Å²) in [5, 5.41) is 4.11. The van der Waals surface area contributed by atoms with Gasteiger partial charge < -0.3 is 19.4 Å². The van der Waals surface area contributed by atoms with Crippen LogP contribution < -0.4 is 14.8 Å². The monoisotopic (exact) mass is 557 g/mol. The van der Waals surface area contributed by atoms with Gasteiger partial charge in [0.1, 0.15) is 11.5 Å². The molecular weight excluding hydrogens is 518 g/mol. The van der Waals surface area contributed by atoms with E-state index in [1.54, 1.807) is 26.0 Å². The summed E-state index contributed by atoms with van der Waals surface area (Å²) in [4.78, 5) is 17.7. The number of methoxy groups -OCH3 is 2. The third-order valence-electron chi connectivity index (χ3n) is 6.81. The molecular formula is C33H39N3O3S. The molecule has 0 aliphatic heterocycles. The predicted molar refractivity (Wildman–Crippen MR) is 164 cm³/mol. The summed E-state index contributed by atoms with van der Waals surface area (Å²) in [6.45, 7) is 5.08. The van der Waals surface area contributed by atoms with Crippen LogP contribution in [0.4, 0.5) is 0 Å². The van der Waals surface area contributed by atoms with E-state index in [0.29, 0.717) is 6.42 Å². The first-order valence-electron chi connectivity index (χ1n) is 13.9. The number of carbonyl (C=O) groups excluding carboxylic acids is 1. The maximum absolute atomic E-state index is 12.5. The van der Waals surface area contributed by atoms with Crippen LogP contribution in [-0.2, 0) is 11.3 Å². The molecule has 7 heteroatoms. The number of hydrogen-bond donors (Lipinski definition) is 1. The minimum absolute atomic E-state index is 0.0114. The first-order valence-corrected chi connectivity index (χ1v) is 14.9. The number of amides is 1. The maximum Gasteiger partial charge on any atom is 0.220 e. The van der Waals surface area contributed by atoms with Gasteiger partial charge in [-0.15, -0.1) is 0 Å². The maximum atomic E-state index is 12.5. The molecule has 6 nitrogen and oxygen atoms in total. The van der Waals surface area contributed by atoms with Crippen LogP contribution in [0.1, 0.15) is 51.1 Å².